The SMILES string of the molecule is CC(C)(C)S(=O)(=O)Nc1ccc(CNc2ccc3ncsc3c2)cc1. The maximum absolute atomic E-state index is 12.2. The topological polar surface area (TPSA) is 71.1 Å². The highest BCUT2D eigenvalue weighted by molar-refractivity contribution is 7.94. The number of sulfonamides is 1. The van der Waals surface area contributed by atoms with Crippen molar-refractivity contribution in [2.45, 2.75) is 32.1 Å². The predicted octanol–water partition coefficient (Wildman–Crippen LogP) is 4.45. The van der Waals surface area contributed by atoms with Crippen LogP contribution in [-0.2, 0) is 16.6 Å². The van der Waals surface area contributed by atoms with Crippen LogP contribution in [-0.4, -0.2) is 18.1 Å². The van der Waals surface area contributed by atoms with Crippen LogP contribution in [0.3, 0.4) is 0 Å². The van der Waals surface area contributed by atoms with E-state index in [2.05, 4.69) is 21.1 Å². The molecular formula is C18H21N3O2S2. The van der Waals surface area contributed by atoms with Crippen molar-refractivity contribution in [2.75, 3.05) is 10.0 Å². The highest BCUT2D eigenvalue weighted by Gasteiger charge is 2.28. The molecule has 0 atom stereocenters. The molecule has 0 bridgehead atoms. The van der Waals surface area contributed by atoms with Crippen molar-refractivity contribution < 1.29 is 8.42 Å². The number of nitrogens with one attached hydrogen (secondary N) is 2. The zero-order valence-corrected chi connectivity index (χ0v) is 16.0. The summed E-state index contributed by atoms with van der Waals surface area (Å²) in [5, 5.41) is 3.38. The fourth-order valence-corrected chi connectivity index (χ4v) is 3.64. The number of benzene rings is 2. The Morgan fingerprint density at radius 3 is 2.40 bits per heavy atom. The Morgan fingerprint density at radius 2 is 1.72 bits per heavy atom. The molecule has 2 N–H and O–H groups in total. The van der Waals surface area contributed by atoms with Crippen LogP contribution in [0.4, 0.5) is 11.4 Å². The van der Waals surface area contributed by atoms with Gasteiger partial charge in [0.1, 0.15) is 0 Å². The number of anilines is 2. The van der Waals surface area contributed by atoms with E-state index in [9.17, 15) is 8.42 Å². The Morgan fingerprint density at radius 1 is 1.04 bits per heavy atom. The molecule has 0 saturated carbocycles. The molecule has 3 aromatic rings. The van der Waals surface area contributed by atoms with E-state index in [4.69, 9.17) is 0 Å². The van der Waals surface area contributed by atoms with Gasteiger partial charge in [-0.1, -0.05) is 12.1 Å². The second-order valence-corrected chi connectivity index (χ2v) is 10.1. The fraction of sp³-hybridized carbons (Fsp3) is 0.278. The van der Waals surface area contributed by atoms with Gasteiger partial charge in [0.2, 0.25) is 10.0 Å². The molecule has 1 heterocycles. The molecule has 0 saturated heterocycles. The number of aromatic nitrogens is 1. The molecule has 25 heavy (non-hydrogen) atoms. The largest absolute Gasteiger partial charge is 0.381 e. The van der Waals surface area contributed by atoms with Crippen molar-refractivity contribution in [3.63, 3.8) is 0 Å². The molecule has 5 nitrogen and oxygen atoms in total. The minimum atomic E-state index is -3.40. The van der Waals surface area contributed by atoms with Crippen molar-refractivity contribution in [1.82, 2.24) is 4.98 Å². The Hall–Kier alpha value is -2.12. The molecule has 132 valence electrons. The molecule has 0 fully saturated rings. The van der Waals surface area contributed by atoms with Crippen LogP contribution in [0.1, 0.15) is 26.3 Å². The summed E-state index contributed by atoms with van der Waals surface area (Å²) in [6, 6.07) is 13.5. The molecule has 0 aliphatic heterocycles. The van der Waals surface area contributed by atoms with Gasteiger partial charge in [0.25, 0.3) is 0 Å². The number of hydrogen-bond acceptors (Lipinski definition) is 5. The van der Waals surface area contributed by atoms with Crippen LogP contribution >= 0.6 is 11.3 Å². The second kappa shape index (κ2) is 6.65. The molecule has 0 amide bonds. The first-order valence-corrected chi connectivity index (χ1v) is 10.3. The van der Waals surface area contributed by atoms with Gasteiger partial charge in [0.05, 0.1) is 20.5 Å². The average molecular weight is 376 g/mol. The zero-order chi connectivity index (χ0) is 18.1. The standard InChI is InChI=1S/C18H21N3O2S2/c1-18(2,3)25(22,23)21-14-6-4-13(5-7-14)11-19-15-8-9-16-17(10-15)24-12-20-16/h4-10,12,19,21H,11H2,1-3H3. The first kappa shape index (κ1) is 17.7. The third-order valence-electron chi connectivity index (χ3n) is 3.84. The van der Waals surface area contributed by atoms with Crippen molar-refractivity contribution in [3.05, 3.63) is 53.5 Å². The summed E-state index contributed by atoms with van der Waals surface area (Å²) in [6.07, 6.45) is 0. The molecule has 0 aliphatic carbocycles. The van der Waals surface area contributed by atoms with E-state index >= 15 is 0 Å². The Kier molecular flexibility index (Phi) is 4.71. The minimum absolute atomic E-state index is 0.574. The summed E-state index contributed by atoms with van der Waals surface area (Å²) in [6.45, 7) is 5.69. The number of nitrogens with zero attached hydrogens (tertiary/aromatic N) is 1. The van der Waals surface area contributed by atoms with Gasteiger partial charge in [-0.2, -0.15) is 0 Å². The molecule has 0 unspecified atom stereocenters. The Balaban J connectivity index is 1.64. The first-order chi connectivity index (χ1) is 11.7. The van der Waals surface area contributed by atoms with E-state index in [1.807, 2.05) is 29.8 Å². The summed E-state index contributed by atoms with van der Waals surface area (Å²) in [5.74, 6) is 0. The van der Waals surface area contributed by atoms with Crippen LogP contribution in [0.15, 0.2) is 48.0 Å². The van der Waals surface area contributed by atoms with Gasteiger partial charge in [0, 0.05) is 17.9 Å². The lowest BCUT2D eigenvalue weighted by atomic mass is 10.2. The summed E-state index contributed by atoms with van der Waals surface area (Å²) in [4.78, 5) is 4.27. The third-order valence-corrected chi connectivity index (χ3v) is 6.75. The lowest BCUT2D eigenvalue weighted by Gasteiger charge is -2.20. The smallest absolute Gasteiger partial charge is 0.237 e. The van der Waals surface area contributed by atoms with Crippen LogP contribution in [0.2, 0.25) is 0 Å². The van der Waals surface area contributed by atoms with Crippen molar-refractivity contribution in [3.8, 4) is 0 Å². The van der Waals surface area contributed by atoms with Crippen LogP contribution in [0.5, 0.6) is 0 Å². The van der Waals surface area contributed by atoms with Gasteiger partial charge in [-0.25, -0.2) is 13.4 Å². The highest BCUT2D eigenvalue weighted by atomic mass is 32.2. The molecule has 2 aromatic carbocycles. The van der Waals surface area contributed by atoms with Crippen LogP contribution in [0.25, 0.3) is 10.2 Å². The molecule has 1 aromatic heterocycles. The predicted molar refractivity (Wildman–Crippen MR) is 106 cm³/mol. The van der Waals surface area contributed by atoms with Gasteiger partial charge in [-0.15, -0.1) is 11.3 Å². The number of hydrogen-bond donors (Lipinski definition) is 2. The molecule has 0 radical (unpaired) electrons. The number of thiazole rings is 1. The van der Waals surface area contributed by atoms with Gasteiger partial charge >= 0.3 is 0 Å². The maximum Gasteiger partial charge on any atom is 0.237 e. The number of rotatable bonds is 5. The zero-order valence-electron chi connectivity index (χ0n) is 14.4. The third kappa shape index (κ3) is 4.11. The van der Waals surface area contributed by atoms with Gasteiger partial charge in [-0.3, -0.25) is 4.72 Å². The lowest BCUT2D eigenvalue weighted by molar-refractivity contribution is 0.566. The van der Waals surface area contributed by atoms with Crippen LogP contribution in [0, 0.1) is 0 Å². The first-order valence-electron chi connectivity index (χ1n) is 7.93. The van der Waals surface area contributed by atoms with Crippen molar-refractivity contribution >= 4 is 43.0 Å². The molecule has 0 spiro atoms. The molecule has 0 aliphatic rings. The fourth-order valence-electron chi connectivity index (χ4n) is 2.17. The van der Waals surface area contributed by atoms with E-state index in [1.54, 1.807) is 44.2 Å². The van der Waals surface area contributed by atoms with E-state index in [0.29, 0.717) is 12.2 Å². The van der Waals surface area contributed by atoms with Crippen molar-refractivity contribution in [1.29, 1.82) is 0 Å². The van der Waals surface area contributed by atoms with Crippen molar-refractivity contribution in [2.24, 2.45) is 0 Å². The maximum atomic E-state index is 12.2. The van der Waals surface area contributed by atoms with E-state index in [0.717, 1.165) is 21.5 Å². The average Bonchev–Trinajstić information content (AvgIpc) is 3.00. The Labute approximate surface area is 152 Å². The monoisotopic (exact) mass is 375 g/mol. The summed E-state index contributed by atoms with van der Waals surface area (Å²) in [7, 11) is -3.40. The van der Waals surface area contributed by atoms with E-state index in [1.165, 1.54) is 0 Å². The molecule has 7 heteroatoms. The van der Waals surface area contributed by atoms with Crippen LogP contribution < -0.4 is 10.0 Å². The summed E-state index contributed by atoms with van der Waals surface area (Å²) in [5.41, 5.74) is 5.53. The van der Waals surface area contributed by atoms with Gasteiger partial charge in [0.15, 0.2) is 0 Å². The van der Waals surface area contributed by atoms with Gasteiger partial charge in [-0.05, 0) is 56.7 Å². The number of fused-ring (bicyclic) bond motifs is 1. The summed E-state index contributed by atoms with van der Waals surface area (Å²) >= 11 is 1.62. The lowest BCUT2D eigenvalue weighted by Crippen LogP contribution is -2.33. The van der Waals surface area contributed by atoms with E-state index < -0.39 is 14.8 Å². The Bertz CT molecular complexity index is 971. The second-order valence-electron chi connectivity index (χ2n) is 6.80. The summed E-state index contributed by atoms with van der Waals surface area (Å²) < 4.78 is 27.3. The van der Waals surface area contributed by atoms with Gasteiger partial charge < -0.3 is 5.32 Å². The molecule has 3 rings (SSSR count). The molecular weight excluding hydrogens is 354 g/mol. The van der Waals surface area contributed by atoms with E-state index in [-0.39, 0.29) is 0 Å². The quantitative estimate of drug-likeness (QED) is 0.691. The normalized spacial score (nSPS) is 12.3. The highest BCUT2D eigenvalue weighted by Crippen LogP contribution is 2.23. The minimum Gasteiger partial charge on any atom is -0.381 e.